The van der Waals surface area contributed by atoms with Gasteiger partial charge in [0.1, 0.15) is 5.75 Å². The first-order chi connectivity index (χ1) is 8.29. The van der Waals surface area contributed by atoms with Crippen molar-refractivity contribution in [3.8, 4) is 5.75 Å². The zero-order chi connectivity index (χ0) is 12.1. The fraction of sp³-hybridized carbons (Fsp3) is 0.538. The highest BCUT2D eigenvalue weighted by Crippen LogP contribution is 2.23. The van der Waals surface area contributed by atoms with Gasteiger partial charge < -0.3 is 14.8 Å². The lowest BCUT2D eigenvalue weighted by molar-refractivity contribution is 0.102. The monoisotopic (exact) mass is 299 g/mol. The number of ether oxygens (including phenoxy) is 2. The van der Waals surface area contributed by atoms with Crippen molar-refractivity contribution in [2.75, 3.05) is 20.3 Å². The van der Waals surface area contributed by atoms with E-state index in [9.17, 15) is 0 Å². The number of methoxy groups -OCH3 is 1. The number of halogens is 1. The van der Waals surface area contributed by atoms with E-state index >= 15 is 0 Å². The van der Waals surface area contributed by atoms with Crippen LogP contribution in [-0.4, -0.2) is 26.3 Å². The third kappa shape index (κ3) is 3.69. The van der Waals surface area contributed by atoms with Gasteiger partial charge in [0.05, 0.1) is 20.3 Å². The van der Waals surface area contributed by atoms with Crippen molar-refractivity contribution < 1.29 is 9.47 Å². The quantitative estimate of drug-likeness (QED) is 0.907. The van der Waals surface area contributed by atoms with Crippen LogP contribution in [0.25, 0.3) is 0 Å². The van der Waals surface area contributed by atoms with E-state index in [0.29, 0.717) is 12.6 Å². The maximum Gasteiger partial charge on any atom is 0.124 e. The Morgan fingerprint density at radius 2 is 2.35 bits per heavy atom. The smallest absolute Gasteiger partial charge is 0.124 e. The summed E-state index contributed by atoms with van der Waals surface area (Å²) in [5, 5.41) is 3.42. The van der Waals surface area contributed by atoms with Crippen LogP contribution in [0.2, 0.25) is 0 Å². The molecule has 0 saturated carbocycles. The summed E-state index contributed by atoms with van der Waals surface area (Å²) in [6, 6.07) is 6.49. The minimum atomic E-state index is 0.521. The van der Waals surface area contributed by atoms with Crippen molar-refractivity contribution >= 4 is 15.9 Å². The van der Waals surface area contributed by atoms with E-state index < -0.39 is 0 Å². The normalized spacial score (nSPS) is 19.5. The van der Waals surface area contributed by atoms with Crippen LogP contribution in [0.3, 0.4) is 0 Å². The molecule has 1 saturated heterocycles. The van der Waals surface area contributed by atoms with E-state index in [1.165, 1.54) is 12.8 Å². The van der Waals surface area contributed by atoms with Gasteiger partial charge in [0.2, 0.25) is 0 Å². The molecule has 1 aromatic carbocycles. The van der Waals surface area contributed by atoms with E-state index in [1.54, 1.807) is 7.11 Å². The minimum Gasteiger partial charge on any atom is -0.496 e. The molecule has 0 bridgehead atoms. The predicted octanol–water partition coefficient (Wildman–Crippen LogP) is 2.73. The molecule has 1 unspecified atom stereocenters. The zero-order valence-electron chi connectivity index (χ0n) is 10.0. The molecule has 0 aromatic heterocycles. The predicted molar refractivity (Wildman–Crippen MR) is 71.4 cm³/mol. The lowest BCUT2D eigenvalue weighted by Crippen LogP contribution is -2.26. The molecule has 0 radical (unpaired) electrons. The van der Waals surface area contributed by atoms with E-state index in [-0.39, 0.29) is 0 Å². The molecule has 1 atom stereocenters. The summed E-state index contributed by atoms with van der Waals surface area (Å²) in [7, 11) is 1.69. The Balaban J connectivity index is 1.86. The zero-order valence-corrected chi connectivity index (χ0v) is 11.6. The second-order valence-electron chi connectivity index (χ2n) is 4.26. The molecule has 2 rings (SSSR count). The summed E-state index contributed by atoms with van der Waals surface area (Å²) in [4.78, 5) is 0. The summed E-state index contributed by atoms with van der Waals surface area (Å²) < 4.78 is 12.1. The number of benzene rings is 1. The van der Waals surface area contributed by atoms with Crippen LogP contribution in [0.5, 0.6) is 5.75 Å². The summed E-state index contributed by atoms with van der Waals surface area (Å²) in [5.74, 6) is 0.882. The standard InChI is InChI=1S/C13H18BrNO2/c1-16-13-5-4-11(14)7-10(13)8-17-9-12-3-2-6-15-12/h4-5,7,12,15H,2-3,6,8-9H2,1H3. The van der Waals surface area contributed by atoms with Crippen LogP contribution in [0, 0.1) is 0 Å². The molecule has 1 aliphatic heterocycles. The van der Waals surface area contributed by atoms with E-state index in [2.05, 4.69) is 21.2 Å². The molecule has 1 aromatic rings. The Hall–Kier alpha value is -0.580. The van der Waals surface area contributed by atoms with Crippen LogP contribution < -0.4 is 10.1 Å². The molecule has 3 nitrogen and oxygen atoms in total. The van der Waals surface area contributed by atoms with Gasteiger partial charge in [0.15, 0.2) is 0 Å². The van der Waals surface area contributed by atoms with Crippen LogP contribution >= 0.6 is 15.9 Å². The molecular formula is C13H18BrNO2. The average molecular weight is 300 g/mol. The van der Waals surface area contributed by atoms with Gasteiger partial charge in [-0.05, 0) is 37.6 Å². The second kappa shape index (κ2) is 6.38. The molecule has 1 fully saturated rings. The molecule has 94 valence electrons. The molecule has 1 aliphatic rings. The minimum absolute atomic E-state index is 0.521. The van der Waals surface area contributed by atoms with Crippen molar-refractivity contribution in [2.45, 2.75) is 25.5 Å². The van der Waals surface area contributed by atoms with Gasteiger partial charge in [-0.1, -0.05) is 15.9 Å². The van der Waals surface area contributed by atoms with Crippen molar-refractivity contribution in [2.24, 2.45) is 0 Å². The number of rotatable bonds is 5. The molecule has 4 heteroatoms. The first-order valence-corrected chi connectivity index (χ1v) is 6.72. The highest BCUT2D eigenvalue weighted by molar-refractivity contribution is 9.10. The molecular weight excluding hydrogens is 282 g/mol. The van der Waals surface area contributed by atoms with Crippen LogP contribution in [0.1, 0.15) is 18.4 Å². The summed E-state index contributed by atoms with van der Waals surface area (Å²) in [6.45, 7) is 2.49. The maximum absolute atomic E-state index is 5.74. The number of nitrogens with one attached hydrogen (secondary N) is 1. The van der Waals surface area contributed by atoms with Gasteiger partial charge in [0.25, 0.3) is 0 Å². The summed E-state index contributed by atoms with van der Waals surface area (Å²) in [5.41, 5.74) is 1.08. The molecule has 0 amide bonds. The largest absolute Gasteiger partial charge is 0.496 e. The average Bonchev–Trinajstić information content (AvgIpc) is 2.82. The molecule has 0 spiro atoms. The van der Waals surface area contributed by atoms with Gasteiger partial charge in [-0.3, -0.25) is 0 Å². The summed E-state index contributed by atoms with van der Waals surface area (Å²) in [6.07, 6.45) is 2.48. The highest BCUT2D eigenvalue weighted by atomic mass is 79.9. The van der Waals surface area contributed by atoms with Crippen molar-refractivity contribution in [1.82, 2.24) is 5.32 Å². The maximum atomic E-state index is 5.74. The van der Waals surface area contributed by atoms with Crippen molar-refractivity contribution in [3.63, 3.8) is 0 Å². The molecule has 17 heavy (non-hydrogen) atoms. The third-order valence-corrected chi connectivity index (χ3v) is 3.47. The Kier molecular flexibility index (Phi) is 4.83. The third-order valence-electron chi connectivity index (χ3n) is 2.98. The van der Waals surface area contributed by atoms with Crippen LogP contribution in [-0.2, 0) is 11.3 Å². The number of hydrogen-bond donors (Lipinski definition) is 1. The molecule has 1 N–H and O–H groups in total. The van der Waals surface area contributed by atoms with Crippen LogP contribution in [0.4, 0.5) is 0 Å². The SMILES string of the molecule is COc1ccc(Br)cc1COCC1CCCN1. The fourth-order valence-electron chi connectivity index (χ4n) is 2.07. The van der Waals surface area contributed by atoms with Crippen molar-refractivity contribution in [1.29, 1.82) is 0 Å². The lowest BCUT2D eigenvalue weighted by Gasteiger charge is -2.13. The Labute approximate surface area is 111 Å². The van der Waals surface area contributed by atoms with E-state index in [4.69, 9.17) is 9.47 Å². The van der Waals surface area contributed by atoms with Gasteiger partial charge in [0, 0.05) is 16.1 Å². The first-order valence-electron chi connectivity index (χ1n) is 5.93. The summed E-state index contributed by atoms with van der Waals surface area (Å²) >= 11 is 3.46. The van der Waals surface area contributed by atoms with E-state index in [0.717, 1.165) is 28.9 Å². The molecule has 0 aliphatic carbocycles. The van der Waals surface area contributed by atoms with Gasteiger partial charge >= 0.3 is 0 Å². The Morgan fingerprint density at radius 3 is 3.06 bits per heavy atom. The Bertz CT molecular complexity index is 364. The van der Waals surface area contributed by atoms with Gasteiger partial charge in [-0.25, -0.2) is 0 Å². The van der Waals surface area contributed by atoms with Crippen molar-refractivity contribution in [3.05, 3.63) is 28.2 Å². The Morgan fingerprint density at radius 1 is 1.47 bits per heavy atom. The van der Waals surface area contributed by atoms with Crippen LogP contribution in [0.15, 0.2) is 22.7 Å². The number of hydrogen-bond acceptors (Lipinski definition) is 3. The molecule has 1 heterocycles. The van der Waals surface area contributed by atoms with Gasteiger partial charge in [-0.15, -0.1) is 0 Å². The highest BCUT2D eigenvalue weighted by Gasteiger charge is 2.14. The lowest BCUT2D eigenvalue weighted by atomic mass is 10.2. The van der Waals surface area contributed by atoms with E-state index in [1.807, 2.05) is 18.2 Å². The topological polar surface area (TPSA) is 30.5 Å². The first kappa shape index (κ1) is 12.9. The van der Waals surface area contributed by atoms with Gasteiger partial charge in [-0.2, -0.15) is 0 Å². The second-order valence-corrected chi connectivity index (χ2v) is 5.18. The fourth-order valence-corrected chi connectivity index (χ4v) is 2.48.